The number of hydrogen-bond donors (Lipinski definition) is 2. The van der Waals surface area contributed by atoms with Crippen LogP contribution in [0, 0.1) is 11.3 Å². The minimum atomic E-state index is -4.57. The second kappa shape index (κ2) is 9.48. The van der Waals surface area contributed by atoms with E-state index in [0.717, 1.165) is 6.07 Å². The van der Waals surface area contributed by atoms with E-state index in [2.05, 4.69) is 15.6 Å². The molecule has 2 rings (SSSR count). The first kappa shape index (κ1) is 21.6. The Bertz CT molecular complexity index is 870. The third-order valence-corrected chi connectivity index (χ3v) is 3.89. The van der Waals surface area contributed by atoms with Crippen LogP contribution in [0.25, 0.3) is 0 Å². The number of alkyl halides is 3. The zero-order valence-corrected chi connectivity index (χ0v) is 15.6. The van der Waals surface area contributed by atoms with Crippen molar-refractivity contribution < 1.29 is 22.7 Å². The Labute approximate surface area is 168 Å². The van der Waals surface area contributed by atoms with E-state index in [4.69, 9.17) is 33.2 Å². The number of benzene rings is 1. The van der Waals surface area contributed by atoms with Crippen molar-refractivity contribution in [2.75, 3.05) is 17.2 Å². The number of carbonyl (C=O) groups excluding carboxylic acids is 1. The molecule has 148 valence electrons. The highest BCUT2D eigenvalue weighted by Gasteiger charge is 2.31. The van der Waals surface area contributed by atoms with Gasteiger partial charge in [0.2, 0.25) is 0 Å². The molecule has 0 saturated heterocycles. The molecule has 6 nitrogen and oxygen atoms in total. The van der Waals surface area contributed by atoms with Gasteiger partial charge in [-0.15, -0.1) is 0 Å². The largest absolute Gasteiger partial charge is 0.443 e. The fourth-order valence-electron chi connectivity index (χ4n) is 2.02. The summed E-state index contributed by atoms with van der Waals surface area (Å²) in [5.41, 5.74) is -0.555. The first-order valence-electron chi connectivity index (χ1n) is 7.76. The van der Waals surface area contributed by atoms with E-state index >= 15 is 0 Å². The maximum Gasteiger partial charge on any atom is 0.417 e. The molecule has 1 aromatic heterocycles. The molecule has 1 heterocycles. The predicted molar refractivity (Wildman–Crippen MR) is 98.3 cm³/mol. The highest BCUT2D eigenvalue weighted by Crippen LogP contribution is 2.32. The summed E-state index contributed by atoms with van der Waals surface area (Å²) in [6, 6.07) is 8.86. The second-order valence-corrected chi connectivity index (χ2v) is 6.30. The van der Waals surface area contributed by atoms with Gasteiger partial charge in [-0.1, -0.05) is 23.2 Å². The van der Waals surface area contributed by atoms with E-state index in [9.17, 15) is 18.0 Å². The van der Waals surface area contributed by atoms with Gasteiger partial charge < -0.3 is 10.1 Å². The number of hydrogen-bond acceptors (Lipinski definition) is 5. The number of carbonyl (C=O) groups is 1. The Kier molecular flexibility index (Phi) is 7.31. The topological polar surface area (TPSA) is 87.0 Å². The molecule has 28 heavy (non-hydrogen) atoms. The summed E-state index contributed by atoms with van der Waals surface area (Å²) in [4.78, 5) is 15.6. The number of nitrogens with zero attached hydrogens (tertiary/aromatic N) is 2. The van der Waals surface area contributed by atoms with Crippen LogP contribution >= 0.6 is 23.2 Å². The third kappa shape index (κ3) is 6.48. The van der Waals surface area contributed by atoms with E-state index in [-0.39, 0.29) is 23.8 Å². The van der Waals surface area contributed by atoms with Crippen LogP contribution in [0.5, 0.6) is 0 Å². The molecular formula is C17H13Cl2F3N4O2. The number of amides is 1. The standard InChI is InChI=1S/C17H13Cl2F3N4O2/c18-11-1-3-12(4-2-11)26-16(27)28-13(5-6-23)9-25-15-14(19)7-10(8-24-15)17(20,21)22/h1-4,7-8,13H,5,9H2,(H,24,25)(H,26,27)/t13-/m1/s1. The Morgan fingerprint density at radius 2 is 1.96 bits per heavy atom. The van der Waals surface area contributed by atoms with Gasteiger partial charge in [-0.2, -0.15) is 18.4 Å². The van der Waals surface area contributed by atoms with E-state index in [1.165, 1.54) is 0 Å². The molecule has 2 aromatic rings. The SMILES string of the molecule is N#CC[C@H](CNc1ncc(C(F)(F)F)cc1Cl)OC(=O)Nc1ccc(Cl)cc1. The number of aromatic nitrogens is 1. The number of anilines is 2. The molecule has 1 atom stereocenters. The molecule has 0 aliphatic rings. The number of pyridine rings is 1. The molecule has 0 aliphatic heterocycles. The lowest BCUT2D eigenvalue weighted by molar-refractivity contribution is -0.137. The number of nitriles is 1. The van der Waals surface area contributed by atoms with Gasteiger partial charge in [-0.05, 0) is 30.3 Å². The van der Waals surface area contributed by atoms with Crippen LogP contribution < -0.4 is 10.6 Å². The molecule has 1 amide bonds. The summed E-state index contributed by atoms with van der Waals surface area (Å²) < 4.78 is 43.0. The third-order valence-electron chi connectivity index (χ3n) is 3.35. The quantitative estimate of drug-likeness (QED) is 0.642. The molecule has 1 aromatic carbocycles. The maximum atomic E-state index is 12.6. The van der Waals surface area contributed by atoms with Crippen molar-refractivity contribution >= 4 is 40.8 Å². The fraction of sp³-hybridized carbons (Fsp3) is 0.235. The molecule has 11 heteroatoms. The number of ether oxygens (including phenoxy) is 1. The lowest BCUT2D eigenvalue weighted by Crippen LogP contribution is -2.28. The fourth-order valence-corrected chi connectivity index (χ4v) is 2.38. The Hall–Kier alpha value is -2.70. The summed E-state index contributed by atoms with van der Waals surface area (Å²) >= 11 is 11.6. The molecule has 0 fully saturated rings. The number of nitrogens with one attached hydrogen (secondary N) is 2. The van der Waals surface area contributed by atoms with Gasteiger partial charge in [0.15, 0.2) is 0 Å². The molecule has 0 spiro atoms. The van der Waals surface area contributed by atoms with Gasteiger partial charge in [0.1, 0.15) is 11.9 Å². The van der Waals surface area contributed by atoms with Crippen LogP contribution in [0.1, 0.15) is 12.0 Å². The predicted octanol–water partition coefficient (Wildman–Crippen LogP) is 5.35. The minimum Gasteiger partial charge on any atom is -0.443 e. The zero-order chi connectivity index (χ0) is 20.7. The molecule has 0 saturated carbocycles. The lowest BCUT2D eigenvalue weighted by Gasteiger charge is -2.17. The highest BCUT2D eigenvalue weighted by atomic mass is 35.5. The summed E-state index contributed by atoms with van der Waals surface area (Å²) in [6.07, 6.45) is -5.80. The molecule has 0 radical (unpaired) electrons. The van der Waals surface area contributed by atoms with E-state index in [1.807, 2.05) is 6.07 Å². The van der Waals surface area contributed by atoms with Crippen LogP contribution in [-0.2, 0) is 10.9 Å². The number of halogens is 5. The number of rotatable bonds is 6. The van der Waals surface area contributed by atoms with Crippen LogP contribution in [0.15, 0.2) is 36.5 Å². The van der Waals surface area contributed by atoms with Gasteiger partial charge in [0.05, 0.1) is 29.6 Å². The van der Waals surface area contributed by atoms with Crippen LogP contribution in [0.2, 0.25) is 10.0 Å². The summed E-state index contributed by atoms with van der Waals surface area (Å²) in [7, 11) is 0. The van der Waals surface area contributed by atoms with Crippen molar-refractivity contribution in [3.8, 4) is 6.07 Å². The van der Waals surface area contributed by atoms with Crippen LogP contribution in [0.4, 0.5) is 29.5 Å². The van der Waals surface area contributed by atoms with Crippen molar-refractivity contribution in [2.45, 2.75) is 18.7 Å². The summed E-state index contributed by atoms with van der Waals surface area (Å²) in [6.45, 7) is -0.0836. The zero-order valence-electron chi connectivity index (χ0n) is 14.1. The monoisotopic (exact) mass is 432 g/mol. The summed E-state index contributed by atoms with van der Waals surface area (Å²) in [5.74, 6) is -0.0284. The van der Waals surface area contributed by atoms with Gasteiger partial charge in [-0.25, -0.2) is 9.78 Å². The lowest BCUT2D eigenvalue weighted by atomic mass is 10.2. The first-order valence-corrected chi connectivity index (χ1v) is 8.51. The van der Waals surface area contributed by atoms with E-state index in [1.54, 1.807) is 24.3 Å². The van der Waals surface area contributed by atoms with Crippen molar-refractivity contribution in [3.05, 3.63) is 52.1 Å². The van der Waals surface area contributed by atoms with Crippen LogP contribution in [-0.4, -0.2) is 23.7 Å². The average molecular weight is 433 g/mol. The minimum absolute atomic E-state index is 0.0284. The van der Waals surface area contributed by atoms with Crippen LogP contribution in [0.3, 0.4) is 0 Å². The molecule has 0 bridgehead atoms. The summed E-state index contributed by atoms with van der Waals surface area (Å²) in [5, 5.41) is 14.3. The van der Waals surface area contributed by atoms with Crippen molar-refractivity contribution in [3.63, 3.8) is 0 Å². The second-order valence-electron chi connectivity index (χ2n) is 5.45. The highest BCUT2D eigenvalue weighted by molar-refractivity contribution is 6.33. The average Bonchev–Trinajstić information content (AvgIpc) is 2.61. The smallest absolute Gasteiger partial charge is 0.417 e. The van der Waals surface area contributed by atoms with Gasteiger partial charge >= 0.3 is 12.3 Å². The Morgan fingerprint density at radius 3 is 2.54 bits per heavy atom. The van der Waals surface area contributed by atoms with Gasteiger partial charge in [0.25, 0.3) is 0 Å². The van der Waals surface area contributed by atoms with Gasteiger partial charge in [-0.3, -0.25) is 5.32 Å². The van der Waals surface area contributed by atoms with Gasteiger partial charge in [0, 0.05) is 16.9 Å². The molecule has 0 aliphatic carbocycles. The first-order chi connectivity index (χ1) is 13.2. The maximum absolute atomic E-state index is 12.6. The molecule has 2 N–H and O–H groups in total. The van der Waals surface area contributed by atoms with Crippen molar-refractivity contribution in [2.24, 2.45) is 0 Å². The van der Waals surface area contributed by atoms with Crippen molar-refractivity contribution in [1.29, 1.82) is 5.26 Å². The molecular weight excluding hydrogens is 420 g/mol. The molecule has 0 unspecified atom stereocenters. The van der Waals surface area contributed by atoms with E-state index in [0.29, 0.717) is 16.9 Å². The van der Waals surface area contributed by atoms with E-state index < -0.39 is 23.9 Å². The normalized spacial score (nSPS) is 12.0. The van der Waals surface area contributed by atoms with Crippen molar-refractivity contribution in [1.82, 2.24) is 4.98 Å². The Morgan fingerprint density at radius 1 is 1.29 bits per heavy atom. The Balaban J connectivity index is 1.96.